The smallest absolute Gasteiger partial charge is 0.137 e. The Kier molecular flexibility index (Phi) is 4.18. The summed E-state index contributed by atoms with van der Waals surface area (Å²) in [6.45, 7) is 7.36. The molecule has 1 aromatic rings. The quantitative estimate of drug-likeness (QED) is 0.872. The van der Waals surface area contributed by atoms with Gasteiger partial charge in [0.15, 0.2) is 0 Å². The van der Waals surface area contributed by atoms with Crippen molar-refractivity contribution in [1.29, 1.82) is 0 Å². The molecule has 4 nitrogen and oxygen atoms in total. The van der Waals surface area contributed by atoms with Crippen LogP contribution in [0.5, 0.6) is 0 Å². The Morgan fingerprint density at radius 2 is 1.88 bits per heavy atom. The van der Waals surface area contributed by atoms with Crippen molar-refractivity contribution >= 4 is 11.6 Å². The van der Waals surface area contributed by atoms with Gasteiger partial charge in [-0.25, -0.2) is 9.97 Å². The zero-order valence-corrected chi connectivity index (χ0v) is 10.9. The van der Waals surface area contributed by atoms with Crippen molar-refractivity contribution in [3.8, 4) is 0 Å². The van der Waals surface area contributed by atoms with E-state index in [1.807, 2.05) is 0 Å². The third-order valence-corrected chi connectivity index (χ3v) is 3.31. The number of aromatic nitrogens is 2. The van der Waals surface area contributed by atoms with Crippen LogP contribution in [0.2, 0.25) is 0 Å². The molecule has 2 heterocycles. The predicted molar refractivity (Wildman–Crippen MR) is 71.6 cm³/mol. The van der Waals surface area contributed by atoms with Gasteiger partial charge in [-0.15, -0.1) is 0 Å². The largest absolute Gasteiger partial charge is 0.370 e. The molecular formula is C13H22N4. The Morgan fingerprint density at radius 1 is 1.18 bits per heavy atom. The lowest BCUT2D eigenvalue weighted by Crippen LogP contribution is -2.26. The topological polar surface area (TPSA) is 41.1 Å². The van der Waals surface area contributed by atoms with Crippen LogP contribution in [0.4, 0.5) is 11.6 Å². The minimum absolute atomic E-state index is 0.900. The molecule has 94 valence electrons. The van der Waals surface area contributed by atoms with Gasteiger partial charge in [-0.05, 0) is 26.7 Å². The third-order valence-electron chi connectivity index (χ3n) is 3.31. The van der Waals surface area contributed by atoms with E-state index in [2.05, 4.69) is 34.0 Å². The van der Waals surface area contributed by atoms with Crippen molar-refractivity contribution in [3.63, 3.8) is 0 Å². The van der Waals surface area contributed by atoms with E-state index >= 15 is 0 Å². The minimum atomic E-state index is 0.900. The SMILES string of the molecule is CCNc1ncnc(N2CCCCCC2)c1C. The van der Waals surface area contributed by atoms with E-state index in [0.717, 1.165) is 31.3 Å². The average Bonchev–Trinajstić information content (AvgIpc) is 2.61. The molecule has 17 heavy (non-hydrogen) atoms. The van der Waals surface area contributed by atoms with Gasteiger partial charge in [0.25, 0.3) is 0 Å². The Labute approximate surface area is 103 Å². The van der Waals surface area contributed by atoms with Gasteiger partial charge in [-0.2, -0.15) is 0 Å². The molecule has 0 unspecified atom stereocenters. The highest BCUT2D eigenvalue weighted by Crippen LogP contribution is 2.24. The summed E-state index contributed by atoms with van der Waals surface area (Å²) in [6.07, 6.45) is 6.92. The lowest BCUT2D eigenvalue weighted by atomic mass is 10.2. The molecule has 0 bridgehead atoms. The number of hydrogen-bond donors (Lipinski definition) is 1. The van der Waals surface area contributed by atoms with Crippen LogP contribution < -0.4 is 10.2 Å². The summed E-state index contributed by atoms with van der Waals surface area (Å²) in [5.74, 6) is 2.08. The Morgan fingerprint density at radius 3 is 2.53 bits per heavy atom. The molecule has 0 amide bonds. The number of hydrogen-bond acceptors (Lipinski definition) is 4. The van der Waals surface area contributed by atoms with Crippen LogP contribution in [0.15, 0.2) is 6.33 Å². The molecule has 0 saturated carbocycles. The first-order valence-electron chi connectivity index (χ1n) is 6.63. The summed E-state index contributed by atoms with van der Waals surface area (Å²) in [5.41, 5.74) is 1.18. The second kappa shape index (κ2) is 5.84. The van der Waals surface area contributed by atoms with Gasteiger partial charge < -0.3 is 10.2 Å². The first-order chi connectivity index (χ1) is 8.33. The summed E-state index contributed by atoms with van der Waals surface area (Å²) >= 11 is 0. The van der Waals surface area contributed by atoms with Gasteiger partial charge in [-0.3, -0.25) is 0 Å². The Balaban J connectivity index is 2.21. The molecule has 0 spiro atoms. The molecule has 0 aliphatic carbocycles. The zero-order chi connectivity index (χ0) is 12.1. The van der Waals surface area contributed by atoms with Gasteiger partial charge in [0.2, 0.25) is 0 Å². The summed E-state index contributed by atoms with van der Waals surface area (Å²) < 4.78 is 0. The number of nitrogens with zero attached hydrogens (tertiary/aromatic N) is 3. The van der Waals surface area contributed by atoms with Gasteiger partial charge >= 0.3 is 0 Å². The van der Waals surface area contributed by atoms with Crippen LogP contribution in [0, 0.1) is 6.92 Å². The fourth-order valence-corrected chi connectivity index (χ4v) is 2.39. The summed E-state index contributed by atoms with van der Waals surface area (Å²) in [5, 5.41) is 3.29. The first-order valence-corrected chi connectivity index (χ1v) is 6.63. The van der Waals surface area contributed by atoms with E-state index in [1.165, 1.54) is 31.2 Å². The van der Waals surface area contributed by atoms with Crippen LogP contribution in [-0.4, -0.2) is 29.6 Å². The molecular weight excluding hydrogens is 212 g/mol. The Bertz CT molecular complexity index is 356. The van der Waals surface area contributed by atoms with Gasteiger partial charge in [0.05, 0.1) is 0 Å². The van der Waals surface area contributed by atoms with E-state index in [9.17, 15) is 0 Å². The second-order valence-electron chi connectivity index (χ2n) is 4.60. The molecule has 4 heteroatoms. The minimum Gasteiger partial charge on any atom is -0.370 e. The highest BCUT2D eigenvalue weighted by Gasteiger charge is 2.15. The Hall–Kier alpha value is -1.32. The molecule has 0 aromatic carbocycles. The summed E-state index contributed by atoms with van der Waals surface area (Å²) in [4.78, 5) is 11.2. The summed E-state index contributed by atoms with van der Waals surface area (Å²) in [7, 11) is 0. The molecule has 1 aliphatic rings. The maximum absolute atomic E-state index is 4.46. The molecule has 1 saturated heterocycles. The van der Waals surface area contributed by atoms with Crippen LogP contribution in [-0.2, 0) is 0 Å². The van der Waals surface area contributed by atoms with E-state index in [4.69, 9.17) is 0 Å². The fraction of sp³-hybridized carbons (Fsp3) is 0.692. The van der Waals surface area contributed by atoms with Gasteiger partial charge in [-0.1, -0.05) is 12.8 Å². The molecule has 2 rings (SSSR count). The van der Waals surface area contributed by atoms with Crippen LogP contribution in [0.1, 0.15) is 38.2 Å². The van der Waals surface area contributed by atoms with E-state index < -0.39 is 0 Å². The van der Waals surface area contributed by atoms with Crippen molar-refractivity contribution in [3.05, 3.63) is 11.9 Å². The van der Waals surface area contributed by atoms with Crippen molar-refractivity contribution in [2.75, 3.05) is 29.9 Å². The lowest BCUT2D eigenvalue weighted by molar-refractivity contribution is 0.726. The number of rotatable bonds is 3. The maximum atomic E-state index is 4.46. The zero-order valence-electron chi connectivity index (χ0n) is 10.9. The molecule has 1 aliphatic heterocycles. The second-order valence-corrected chi connectivity index (χ2v) is 4.60. The van der Waals surface area contributed by atoms with Crippen LogP contribution >= 0.6 is 0 Å². The van der Waals surface area contributed by atoms with E-state index in [0.29, 0.717) is 0 Å². The van der Waals surface area contributed by atoms with Crippen molar-refractivity contribution in [1.82, 2.24) is 9.97 Å². The van der Waals surface area contributed by atoms with Crippen molar-refractivity contribution < 1.29 is 0 Å². The predicted octanol–water partition coefficient (Wildman–Crippen LogP) is 2.60. The van der Waals surface area contributed by atoms with Crippen LogP contribution in [0.25, 0.3) is 0 Å². The molecule has 1 aromatic heterocycles. The monoisotopic (exact) mass is 234 g/mol. The van der Waals surface area contributed by atoms with Gasteiger partial charge in [0, 0.05) is 25.2 Å². The van der Waals surface area contributed by atoms with Crippen molar-refractivity contribution in [2.45, 2.75) is 39.5 Å². The summed E-state index contributed by atoms with van der Waals surface area (Å²) in [6, 6.07) is 0. The number of anilines is 2. The molecule has 0 radical (unpaired) electrons. The molecule has 1 N–H and O–H groups in total. The fourth-order valence-electron chi connectivity index (χ4n) is 2.39. The van der Waals surface area contributed by atoms with E-state index in [-0.39, 0.29) is 0 Å². The lowest BCUT2D eigenvalue weighted by Gasteiger charge is -2.23. The number of nitrogens with one attached hydrogen (secondary N) is 1. The molecule has 0 atom stereocenters. The normalized spacial score (nSPS) is 16.7. The highest BCUT2D eigenvalue weighted by molar-refractivity contribution is 5.57. The van der Waals surface area contributed by atoms with Crippen LogP contribution in [0.3, 0.4) is 0 Å². The highest BCUT2D eigenvalue weighted by atomic mass is 15.2. The first kappa shape index (κ1) is 12.1. The third kappa shape index (κ3) is 2.87. The van der Waals surface area contributed by atoms with Gasteiger partial charge in [0.1, 0.15) is 18.0 Å². The van der Waals surface area contributed by atoms with Crippen molar-refractivity contribution in [2.24, 2.45) is 0 Å². The van der Waals surface area contributed by atoms with E-state index in [1.54, 1.807) is 6.33 Å². The standard InChI is InChI=1S/C13H22N4/c1-3-14-12-11(2)13(16-10-15-12)17-8-6-4-5-7-9-17/h10H,3-9H2,1-2H3,(H,14,15,16). The maximum Gasteiger partial charge on any atom is 0.137 e. The molecule has 1 fully saturated rings. The average molecular weight is 234 g/mol.